The Labute approximate surface area is 152 Å². The number of methoxy groups -OCH3 is 3. The minimum absolute atomic E-state index is 0.213. The molecular formula is C20H20N2O4. The largest absolute Gasteiger partial charge is 0.508 e. The lowest BCUT2D eigenvalue weighted by atomic mass is 10.1. The number of aromatic hydroxyl groups is 1. The van der Waals surface area contributed by atoms with E-state index in [1.165, 1.54) is 0 Å². The molecule has 3 rings (SSSR count). The predicted octanol–water partition coefficient (Wildman–Crippen LogP) is 4.22. The summed E-state index contributed by atoms with van der Waals surface area (Å²) in [6.07, 6.45) is 3.46. The number of ether oxygens (including phenoxy) is 3. The topological polar surface area (TPSA) is 72.8 Å². The fourth-order valence-electron chi connectivity index (χ4n) is 2.67. The van der Waals surface area contributed by atoms with Crippen LogP contribution in [0.4, 0.5) is 11.4 Å². The maximum Gasteiger partial charge on any atom is 0.203 e. The number of hydrogen-bond donors (Lipinski definition) is 2. The summed E-state index contributed by atoms with van der Waals surface area (Å²) >= 11 is 0. The summed E-state index contributed by atoms with van der Waals surface area (Å²) in [6, 6.07) is 12.6. The Balaban J connectivity index is 1.93. The van der Waals surface area contributed by atoms with Crippen molar-refractivity contribution < 1.29 is 19.3 Å². The van der Waals surface area contributed by atoms with Gasteiger partial charge in [0, 0.05) is 29.6 Å². The highest BCUT2D eigenvalue weighted by atomic mass is 16.5. The Hall–Kier alpha value is -3.41. The average Bonchev–Trinajstić information content (AvgIpc) is 2.67. The summed E-state index contributed by atoms with van der Waals surface area (Å²) in [5, 5.41) is 13.0. The molecule has 0 saturated carbocycles. The lowest BCUT2D eigenvalue weighted by Crippen LogP contribution is -1.98. The summed E-state index contributed by atoms with van der Waals surface area (Å²) in [4.78, 5) is 4.27. The number of nitrogens with zero attached hydrogens (tertiary/aromatic N) is 1. The van der Waals surface area contributed by atoms with Gasteiger partial charge in [0.25, 0.3) is 0 Å². The Morgan fingerprint density at radius 3 is 2.15 bits per heavy atom. The van der Waals surface area contributed by atoms with Crippen molar-refractivity contribution in [3.8, 4) is 34.1 Å². The van der Waals surface area contributed by atoms with Gasteiger partial charge in [0.05, 0.1) is 33.2 Å². The highest BCUT2D eigenvalue weighted by Crippen LogP contribution is 2.40. The zero-order valence-corrected chi connectivity index (χ0v) is 14.8. The molecule has 1 aromatic heterocycles. The highest BCUT2D eigenvalue weighted by molar-refractivity contribution is 5.72. The molecule has 3 aromatic rings. The number of pyridine rings is 1. The number of nitrogens with one attached hydrogen (secondary N) is 1. The molecule has 0 amide bonds. The molecule has 0 fully saturated rings. The number of rotatable bonds is 6. The van der Waals surface area contributed by atoms with E-state index < -0.39 is 0 Å². The molecule has 2 aromatic carbocycles. The summed E-state index contributed by atoms with van der Waals surface area (Å²) in [5.41, 5.74) is 3.33. The molecule has 1 heterocycles. The maximum absolute atomic E-state index is 9.67. The fraction of sp³-hybridized carbons (Fsp3) is 0.150. The quantitative estimate of drug-likeness (QED) is 0.692. The Morgan fingerprint density at radius 1 is 0.808 bits per heavy atom. The van der Waals surface area contributed by atoms with E-state index in [9.17, 15) is 5.11 Å². The molecular weight excluding hydrogens is 332 g/mol. The summed E-state index contributed by atoms with van der Waals surface area (Å²) < 4.78 is 16.1. The molecule has 134 valence electrons. The third-order valence-corrected chi connectivity index (χ3v) is 3.87. The number of phenolic OH excluding ortho intramolecular Hbond substituents is 1. The zero-order valence-electron chi connectivity index (χ0n) is 14.8. The molecule has 6 nitrogen and oxygen atoms in total. The molecule has 0 bridgehead atoms. The van der Waals surface area contributed by atoms with Gasteiger partial charge in [0.1, 0.15) is 5.75 Å². The Kier molecular flexibility index (Phi) is 5.12. The van der Waals surface area contributed by atoms with Gasteiger partial charge in [-0.25, -0.2) is 0 Å². The van der Waals surface area contributed by atoms with Crippen molar-refractivity contribution in [1.29, 1.82) is 0 Å². The SMILES string of the molecule is COc1cc(Nc2cncc(-c3cccc(O)c3)c2)cc(OC)c1OC. The van der Waals surface area contributed by atoms with Crippen molar-refractivity contribution >= 4 is 11.4 Å². The summed E-state index contributed by atoms with van der Waals surface area (Å²) in [5.74, 6) is 1.87. The van der Waals surface area contributed by atoms with E-state index in [2.05, 4.69) is 10.3 Å². The van der Waals surface area contributed by atoms with Crippen LogP contribution in [0.2, 0.25) is 0 Å². The first-order valence-electron chi connectivity index (χ1n) is 7.96. The molecule has 0 aliphatic heterocycles. The maximum atomic E-state index is 9.67. The minimum Gasteiger partial charge on any atom is -0.508 e. The Bertz CT molecular complexity index is 887. The number of hydrogen-bond acceptors (Lipinski definition) is 6. The number of anilines is 2. The third-order valence-electron chi connectivity index (χ3n) is 3.87. The second kappa shape index (κ2) is 7.65. The van der Waals surface area contributed by atoms with Crippen LogP contribution in [0.25, 0.3) is 11.1 Å². The predicted molar refractivity (Wildman–Crippen MR) is 101 cm³/mol. The van der Waals surface area contributed by atoms with Crippen molar-refractivity contribution in [2.45, 2.75) is 0 Å². The normalized spacial score (nSPS) is 10.3. The molecule has 0 aliphatic rings. The number of phenols is 1. The van der Waals surface area contributed by atoms with Crippen LogP contribution >= 0.6 is 0 Å². The van der Waals surface area contributed by atoms with Gasteiger partial charge in [0.15, 0.2) is 11.5 Å². The van der Waals surface area contributed by atoms with E-state index in [1.54, 1.807) is 51.9 Å². The van der Waals surface area contributed by atoms with Crippen molar-refractivity contribution in [3.63, 3.8) is 0 Å². The summed E-state index contributed by atoms with van der Waals surface area (Å²) in [7, 11) is 4.71. The standard InChI is InChI=1S/C20H20N2O4/c1-24-18-9-15(10-19(25-2)20(18)26-3)22-16-7-14(11-21-12-16)13-5-4-6-17(23)8-13/h4-12,22-23H,1-3H3. The van der Waals surface area contributed by atoms with Gasteiger partial charge in [-0.1, -0.05) is 12.1 Å². The molecule has 26 heavy (non-hydrogen) atoms. The average molecular weight is 352 g/mol. The minimum atomic E-state index is 0.213. The van der Waals surface area contributed by atoms with Crippen LogP contribution in [0.15, 0.2) is 54.9 Å². The van der Waals surface area contributed by atoms with Crippen LogP contribution in [0.3, 0.4) is 0 Å². The van der Waals surface area contributed by atoms with E-state index in [4.69, 9.17) is 14.2 Å². The Morgan fingerprint density at radius 2 is 1.54 bits per heavy atom. The van der Waals surface area contributed by atoms with Gasteiger partial charge in [-0.15, -0.1) is 0 Å². The second-order valence-corrected chi connectivity index (χ2v) is 5.55. The van der Waals surface area contributed by atoms with Crippen LogP contribution in [0, 0.1) is 0 Å². The van der Waals surface area contributed by atoms with Gasteiger partial charge in [-0.2, -0.15) is 0 Å². The van der Waals surface area contributed by atoms with Crippen molar-refractivity contribution in [3.05, 3.63) is 54.9 Å². The monoisotopic (exact) mass is 352 g/mol. The van der Waals surface area contributed by atoms with Gasteiger partial charge in [-0.3, -0.25) is 4.98 Å². The van der Waals surface area contributed by atoms with Gasteiger partial charge >= 0.3 is 0 Å². The lowest BCUT2D eigenvalue weighted by molar-refractivity contribution is 0.324. The van der Waals surface area contributed by atoms with Gasteiger partial charge < -0.3 is 24.6 Å². The zero-order chi connectivity index (χ0) is 18.5. The number of benzene rings is 2. The first-order valence-corrected chi connectivity index (χ1v) is 7.96. The molecule has 6 heteroatoms. The van der Waals surface area contributed by atoms with E-state index in [1.807, 2.05) is 24.3 Å². The first-order chi connectivity index (χ1) is 12.6. The molecule has 0 radical (unpaired) electrons. The van der Waals surface area contributed by atoms with Crippen molar-refractivity contribution in [2.24, 2.45) is 0 Å². The van der Waals surface area contributed by atoms with Crippen LogP contribution in [0.1, 0.15) is 0 Å². The highest BCUT2D eigenvalue weighted by Gasteiger charge is 2.13. The summed E-state index contributed by atoms with van der Waals surface area (Å²) in [6.45, 7) is 0. The van der Waals surface area contributed by atoms with Crippen molar-refractivity contribution in [1.82, 2.24) is 4.98 Å². The molecule has 0 aliphatic carbocycles. The van der Waals surface area contributed by atoms with Crippen LogP contribution in [-0.4, -0.2) is 31.4 Å². The molecule has 0 unspecified atom stereocenters. The molecule has 2 N–H and O–H groups in total. The van der Waals surface area contributed by atoms with Crippen LogP contribution in [-0.2, 0) is 0 Å². The van der Waals surface area contributed by atoms with E-state index >= 15 is 0 Å². The van der Waals surface area contributed by atoms with E-state index in [0.717, 1.165) is 22.5 Å². The molecule has 0 atom stereocenters. The smallest absolute Gasteiger partial charge is 0.203 e. The molecule has 0 saturated heterocycles. The van der Waals surface area contributed by atoms with Gasteiger partial charge in [-0.05, 0) is 23.8 Å². The molecule has 0 spiro atoms. The number of aromatic nitrogens is 1. The fourth-order valence-corrected chi connectivity index (χ4v) is 2.67. The van der Waals surface area contributed by atoms with Crippen LogP contribution < -0.4 is 19.5 Å². The second-order valence-electron chi connectivity index (χ2n) is 5.55. The van der Waals surface area contributed by atoms with E-state index in [-0.39, 0.29) is 5.75 Å². The van der Waals surface area contributed by atoms with Crippen molar-refractivity contribution in [2.75, 3.05) is 26.6 Å². The van der Waals surface area contributed by atoms with Gasteiger partial charge in [0.2, 0.25) is 5.75 Å². The first kappa shape index (κ1) is 17.4. The lowest BCUT2D eigenvalue weighted by Gasteiger charge is -2.15. The van der Waals surface area contributed by atoms with E-state index in [0.29, 0.717) is 17.2 Å². The third kappa shape index (κ3) is 3.64. The van der Waals surface area contributed by atoms with Crippen LogP contribution in [0.5, 0.6) is 23.0 Å².